The number of H-pyrrole nitrogens is 1. The second-order valence-electron chi connectivity index (χ2n) is 5.24. The second-order valence-corrected chi connectivity index (χ2v) is 5.24. The number of imidazole rings is 1. The predicted molar refractivity (Wildman–Crippen MR) is 81.0 cm³/mol. The van der Waals surface area contributed by atoms with Gasteiger partial charge < -0.3 is 9.72 Å². The molecule has 1 aromatic heterocycles. The summed E-state index contributed by atoms with van der Waals surface area (Å²) in [4.78, 5) is 7.32. The van der Waals surface area contributed by atoms with E-state index in [1.807, 2.05) is 0 Å². The number of benzene rings is 2. The summed E-state index contributed by atoms with van der Waals surface area (Å²) in [7, 11) is 0. The molecule has 0 saturated carbocycles. The molecule has 7 heteroatoms. The molecule has 0 aliphatic rings. The number of aromatic amines is 1. The van der Waals surface area contributed by atoms with Crippen molar-refractivity contribution < 1.29 is 22.3 Å². The molecule has 0 fully saturated rings. The number of nitrogens with zero attached hydrogens (tertiary/aromatic N) is 1. The molecule has 0 bridgehead atoms. The van der Waals surface area contributed by atoms with Crippen LogP contribution < -0.4 is 0 Å². The van der Waals surface area contributed by atoms with Crippen molar-refractivity contribution in [2.75, 3.05) is 6.61 Å². The molecule has 2 aromatic carbocycles. The lowest BCUT2D eigenvalue weighted by atomic mass is 10.1. The van der Waals surface area contributed by atoms with Gasteiger partial charge in [-0.1, -0.05) is 12.1 Å². The number of fused-ring (bicyclic) bond motifs is 1. The van der Waals surface area contributed by atoms with Gasteiger partial charge in [-0.25, -0.2) is 9.37 Å². The van der Waals surface area contributed by atoms with Crippen LogP contribution in [0.15, 0.2) is 42.5 Å². The first-order valence-electron chi connectivity index (χ1n) is 7.32. The summed E-state index contributed by atoms with van der Waals surface area (Å²) in [5.41, 5.74) is 0.863. The summed E-state index contributed by atoms with van der Waals surface area (Å²) in [5.74, 6) is 0.000230. The average Bonchev–Trinajstić information content (AvgIpc) is 2.94. The monoisotopic (exact) mass is 338 g/mol. The molecule has 1 unspecified atom stereocenters. The van der Waals surface area contributed by atoms with Crippen LogP contribution in [0.4, 0.5) is 17.6 Å². The predicted octanol–water partition coefficient (Wildman–Crippen LogP) is 4.85. The van der Waals surface area contributed by atoms with Crippen LogP contribution in [0.2, 0.25) is 0 Å². The van der Waals surface area contributed by atoms with Crippen LogP contribution in [0.25, 0.3) is 11.0 Å². The number of halogens is 4. The molecule has 0 spiro atoms. The summed E-state index contributed by atoms with van der Waals surface area (Å²) < 4.78 is 57.0. The molecule has 1 atom stereocenters. The van der Waals surface area contributed by atoms with Crippen LogP contribution in [0, 0.1) is 5.82 Å². The number of hydrogen-bond acceptors (Lipinski definition) is 2. The van der Waals surface area contributed by atoms with E-state index in [0.29, 0.717) is 29.0 Å². The molecular formula is C17H14F4N2O. The zero-order valence-electron chi connectivity index (χ0n) is 12.7. The molecule has 1 heterocycles. The maximum Gasteiger partial charge on any atom is 0.416 e. The fraction of sp³-hybridized carbons (Fsp3) is 0.235. The van der Waals surface area contributed by atoms with Crippen molar-refractivity contribution in [1.29, 1.82) is 0 Å². The fourth-order valence-corrected chi connectivity index (χ4v) is 2.47. The number of ether oxygens (including phenoxy) is 1. The highest BCUT2D eigenvalue weighted by molar-refractivity contribution is 5.75. The Balaban J connectivity index is 1.99. The Morgan fingerprint density at radius 2 is 1.83 bits per heavy atom. The summed E-state index contributed by atoms with van der Waals surface area (Å²) in [6, 6.07) is 8.86. The minimum absolute atomic E-state index is 0.344. The fourth-order valence-electron chi connectivity index (χ4n) is 2.47. The van der Waals surface area contributed by atoms with Crippen LogP contribution in [0.5, 0.6) is 0 Å². The number of nitrogens with one attached hydrogen (secondary N) is 1. The summed E-state index contributed by atoms with van der Waals surface area (Å²) >= 11 is 0. The first-order valence-corrected chi connectivity index (χ1v) is 7.32. The van der Waals surface area contributed by atoms with E-state index in [0.717, 1.165) is 12.1 Å². The smallest absolute Gasteiger partial charge is 0.366 e. The second kappa shape index (κ2) is 6.24. The molecule has 24 heavy (non-hydrogen) atoms. The third-order valence-electron chi connectivity index (χ3n) is 3.59. The van der Waals surface area contributed by atoms with Crippen molar-refractivity contribution in [3.05, 3.63) is 65.2 Å². The molecule has 3 aromatic rings. The van der Waals surface area contributed by atoms with Gasteiger partial charge in [0.2, 0.25) is 0 Å². The zero-order valence-corrected chi connectivity index (χ0v) is 12.7. The van der Waals surface area contributed by atoms with Gasteiger partial charge in [0, 0.05) is 12.7 Å². The van der Waals surface area contributed by atoms with Gasteiger partial charge in [-0.05, 0) is 36.8 Å². The van der Waals surface area contributed by atoms with Gasteiger partial charge in [0.25, 0.3) is 0 Å². The van der Waals surface area contributed by atoms with Crippen molar-refractivity contribution >= 4 is 11.0 Å². The summed E-state index contributed by atoms with van der Waals surface area (Å²) in [6.07, 6.45) is -5.05. The Bertz CT molecular complexity index is 840. The highest BCUT2D eigenvalue weighted by Crippen LogP contribution is 2.32. The third kappa shape index (κ3) is 3.26. The van der Waals surface area contributed by atoms with Gasteiger partial charge in [-0.15, -0.1) is 0 Å². The number of alkyl halides is 3. The van der Waals surface area contributed by atoms with Crippen LogP contribution in [0.1, 0.15) is 30.0 Å². The SMILES string of the molecule is CCOC(c1ccc(C(F)(F)F)cc1)c1nc2cc(F)ccc2[nH]1. The van der Waals surface area contributed by atoms with Crippen LogP contribution in [-0.2, 0) is 10.9 Å². The van der Waals surface area contributed by atoms with Gasteiger partial charge in [0.05, 0.1) is 16.6 Å². The molecule has 3 nitrogen and oxygen atoms in total. The van der Waals surface area contributed by atoms with E-state index in [-0.39, 0.29) is 0 Å². The minimum Gasteiger partial charge on any atom is -0.366 e. The molecule has 126 valence electrons. The quantitative estimate of drug-likeness (QED) is 0.691. The van der Waals surface area contributed by atoms with E-state index in [1.165, 1.54) is 24.3 Å². The van der Waals surface area contributed by atoms with Gasteiger partial charge in [0.1, 0.15) is 17.7 Å². The first kappa shape index (κ1) is 16.4. The van der Waals surface area contributed by atoms with E-state index in [2.05, 4.69) is 9.97 Å². The Hall–Kier alpha value is -2.41. The lowest BCUT2D eigenvalue weighted by Crippen LogP contribution is -2.10. The Labute approximate surface area is 135 Å². The van der Waals surface area contributed by atoms with Crippen molar-refractivity contribution in [3.63, 3.8) is 0 Å². The lowest BCUT2D eigenvalue weighted by Gasteiger charge is -2.16. The number of hydrogen-bond donors (Lipinski definition) is 1. The highest BCUT2D eigenvalue weighted by Gasteiger charge is 2.30. The van der Waals surface area contributed by atoms with Crippen LogP contribution >= 0.6 is 0 Å². The number of rotatable bonds is 4. The standard InChI is InChI=1S/C17H14F4N2O/c1-2-24-15(10-3-5-11(6-4-10)17(19,20)21)16-22-13-8-7-12(18)9-14(13)23-16/h3-9,15H,2H2,1H3,(H,22,23). The molecule has 0 radical (unpaired) electrons. The van der Waals surface area contributed by atoms with Crippen molar-refractivity contribution in [2.45, 2.75) is 19.2 Å². The topological polar surface area (TPSA) is 37.9 Å². The van der Waals surface area contributed by atoms with E-state index in [4.69, 9.17) is 4.74 Å². The molecule has 3 rings (SSSR count). The molecule has 0 amide bonds. The van der Waals surface area contributed by atoms with Gasteiger partial charge >= 0.3 is 6.18 Å². The van der Waals surface area contributed by atoms with E-state index >= 15 is 0 Å². The van der Waals surface area contributed by atoms with Crippen molar-refractivity contribution in [1.82, 2.24) is 9.97 Å². The largest absolute Gasteiger partial charge is 0.416 e. The van der Waals surface area contributed by atoms with Crippen LogP contribution in [-0.4, -0.2) is 16.6 Å². The van der Waals surface area contributed by atoms with Crippen molar-refractivity contribution in [2.24, 2.45) is 0 Å². The van der Waals surface area contributed by atoms with Gasteiger partial charge in [-0.3, -0.25) is 0 Å². The molecule has 0 saturated heterocycles. The van der Waals surface area contributed by atoms with E-state index in [9.17, 15) is 17.6 Å². The van der Waals surface area contributed by atoms with Gasteiger partial charge in [0.15, 0.2) is 0 Å². The van der Waals surface area contributed by atoms with Crippen molar-refractivity contribution in [3.8, 4) is 0 Å². The Morgan fingerprint density at radius 3 is 2.46 bits per heavy atom. The molecule has 1 N–H and O–H groups in total. The Kier molecular flexibility index (Phi) is 4.28. The highest BCUT2D eigenvalue weighted by atomic mass is 19.4. The van der Waals surface area contributed by atoms with Crippen LogP contribution in [0.3, 0.4) is 0 Å². The van der Waals surface area contributed by atoms with Gasteiger partial charge in [-0.2, -0.15) is 13.2 Å². The molecule has 0 aliphatic carbocycles. The lowest BCUT2D eigenvalue weighted by molar-refractivity contribution is -0.137. The Morgan fingerprint density at radius 1 is 1.12 bits per heavy atom. The summed E-state index contributed by atoms with van der Waals surface area (Å²) in [6.45, 7) is 2.12. The minimum atomic E-state index is -4.39. The molecular weight excluding hydrogens is 324 g/mol. The maximum atomic E-state index is 13.3. The third-order valence-corrected chi connectivity index (χ3v) is 3.59. The summed E-state index contributed by atoms with van der Waals surface area (Å²) in [5, 5.41) is 0. The normalized spacial score (nSPS) is 13.4. The first-order chi connectivity index (χ1) is 11.4. The maximum absolute atomic E-state index is 13.3. The zero-order chi connectivity index (χ0) is 17.3. The van der Waals surface area contributed by atoms with E-state index in [1.54, 1.807) is 13.0 Å². The molecule has 0 aliphatic heterocycles. The van der Waals surface area contributed by atoms with E-state index < -0.39 is 23.7 Å². The number of aromatic nitrogens is 2. The average molecular weight is 338 g/mol.